The first-order valence-corrected chi connectivity index (χ1v) is 6.21. The molecule has 1 fully saturated rings. The summed E-state index contributed by atoms with van der Waals surface area (Å²) in [6.45, 7) is 3.02. The van der Waals surface area contributed by atoms with E-state index in [2.05, 4.69) is 16.3 Å². The van der Waals surface area contributed by atoms with Crippen molar-refractivity contribution in [3.8, 4) is 6.07 Å². The van der Waals surface area contributed by atoms with Gasteiger partial charge in [0, 0.05) is 18.1 Å². The molecule has 0 spiro atoms. The number of nitrogens with zero attached hydrogens (tertiary/aromatic N) is 2. The first-order chi connectivity index (χ1) is 8.24. The van der Waals surface area contributed by atoms with Crippen molar-refractivity contribution in [2.75, 3.05) is 31.6 Å². The maximum absolute atomic E-state index is 9.11. The molecule has 2 rings (SSSR count). The Hall–Kier alpha value is -1.24. The highest BCUT2D eigenvalue weighted by molar-refractivity contribution is 6.30. The number of hydrogen-bond donors (Lipinski definition) is 1. The number of nitriles is 1. The third-order valence-electron chi connectivity index (χ3n) is 3.20. The van der Waals surface area contributed by atoms with Gasteiger partial charge in [-0.2, -0.15) is 5.26 Å². The van der Waals surface area contributed by atoms with E-state index >= 15 is 0 Å². The Morgan fingerprint density at radius 3 is 3.12 bits per heavy atom. The average Bonchev–Trinajstić information content (AvgIpc) is 2.78. The predicted octanol–water partition coefficient (Wildman–Crippen LogP) is 2.26. The molecule has 0 bridgehead atoms. The molecule has 1 atom stereocenters. The molecule has 0 saturated carbocycles. The highest BCUT2D eigenvalue weighted by Crippen LogP contribution is 2.29. The molecular formula is C13H16ClN3. The van der Waals surface area contributed by atoms with Crippen LogP contribution in [0.2, 0.25) is 5.02 Å². The van der Waals surface area contributed by atoms with Crippen molar-refractivity contribution >= 4 is 17.3 Å². The van der Waals surface area contributed by atoms with Crippen molar-refractivity contribution in [3.63, 3.8) is 0 Å². The molecule has 4 heteroatoms. The van der Waals surface area contributed by atoms with E-state index in [1.807, 2.05) is 13.1 Å². The molecular weight excluding hydrogens is 234 g/mol. The van der Waals surface area contributed by atoms with Crippen LogP contribution in [-0.4, -0.2) is 26.7 Å². The summed E-state index contributed by atoms with van der Waals surface area (Å²) in [7, 11) is 1.97. The van der Waals surface area contributed by atoms with Gasteiger partial charge < -0.3 is 10.2 Å². The molecule has 3 nitrogen and oxygen atoms in total. The summed E-state index contributed by atoms with van der Waals surface area (Å²) in [6.07, 6.45) is 1.16. The zero-order valence-corrected chi connectivity index (χ0v) is 10.7. The maximum atomic E-state index is 9.11. The highest BCUT2D eigenvalue weighted by atomic mass is 35.5. The second-order valence-corrected chi connectivity index (χ2v) is 4.87. The van der Waals surface area contributed by atoms with Crippen LogP contribution in [0.25, 0.3) is 0 Å². The molecule has 1 aromatic carbocycles. The van der Waals surface area contributed by atoms with Gasteiger partial charge in [0.1, 0.15) is 6.07 Å². The number of hydrogen-bond acceptors (Lipinski definition) is 3. The average molecular weight is 250 g/mol. The van der Waals surface area contributed by atoms with Crippen LogP contribution in [0.3, 0.4) is 0 Å². The lowest BCUT2D eigenvalue weighted by Gasteiger charge is -2.20. The van der Waals surface area contributed by atoms with E-state index in [4.69, 9.17) is 16.9 Å². The topological polar surface area (TPSA) is 39.1 Å². The van der Waals surface area contributed by atoms with Gasteiger partial charge in [-0.3, -0.25) is 0 Å². The third kappa shape index (κ3) is 2.71. The second-order valence-electron chi connectivity index (χ2n) is 4.43. The summed E-state index contributed by atoms with van der Waals surface area (Å²) in [6, 6.07) is 7.68. The van der Waals surface area contributed by atoms with Crippen LogP contribution in [0, 0.1) is 17.2 Å². The molecule has 1 aliphatic rings. The van der Waals surface area contributed by atoms with Crippen molar-refractivity contribution in [2.45, 2.75) is 6.42 Å². The molecule has 1 N–H and O–H groups in total. The lowest BCUT2D eigenvalue weighted by Crippen LogP contribution is -2.24. The Kier molecular flexibility index (Phi) is 3.88. The summed E-state index contributed by atoms with van der Waals surface area (Å²) < 4.78 is 0. The Balaban J connectivity index is 2.18. The summed E-state index contributed by atoms with van der Waals surface area (Å²) in [5.74, 6) is 0.658. The number of nitrogens with one attached hydrogen (secondary N) is 1. The van der Waals surface area contributed by atoms with E-state index in [0.29, 0.717) is 16.5 Å². The molecule has 1 aliphatic heterocycles. The minimum absolute atomic E-state index is 0.658. The Morgan fingerprint density at radius 2 is 2.41 bits per heavy atom. The van der Waals surface area contributed by atoms with Gasteiger partial charge >= 0.3 is 0 Å². The van der Waals surface area contributed by atoms with Gasteiger partial charge in [-0.1, -0.05) is 11.6 Å². The van der Waals surface area contributed by atoms with Crippen molar-refractivity contribution in [1.29, 1.82) is 5.26 Å². The Bertz CT molecular complexity index is 439. The largest absolute Gasteiger partial charge is 0.370 e. The quantitative estimate of drug-likeness (QED) is 0.893. The Labute approximate surface area is 107 Å². The van der Waals surface area contributed by atoms with Crippen LogP contribution in [-0.2, 0) is 0 Å². The van der Waals surface area contributed by atoms with Crippen molar-refractivity contribution in [3.05, 3.63) is 28.8 Å². The van der Waals surface area contributed by atoms with Crippen molar-refractivity contribution < 1.29 is 0 Å². The Morgan fingerprint density at radius 1 is 1.59 bits per heavy atom. The van der Waals surface area contributed by atoms with Gasteiger partial charge in [-0.25, -0.2) is 0 Å². The molecule has 90 valence electrons. The molecule has 0 aromatic heterocycles. The van der Waals surface area contributed by atoms with Crippen LogP contribution in [0.4, 0.5) is 5.69 Å². The van der Waals surface area contributed by atoms with Crippen molar-refractivity contribution in [2.24, 2.45) is 5.92 Å². The second kappa shape index (κ2) is 5.39. The maximum Gasteiger partial charge on any atom is 0.101 e. The fraction of sp³-hybridized carbons (Fsp3) is 0.462. The molecule has 0 radical (unpaired) electrons. The van der Waals surface area contributed by atoms with E-state index in [-0.39, 0.29) is 0 Å². The van der Waals surface area contributed by atoms with Gasteiger partial charge in [0.15, 0.2) is 0 Å². The van der Waals surface area contributed by atoms with E-state index in [1.165, 1.54) is 0 Å². The lowest BCUT2D eigenvalue weighted by atomic mass is 10.1. The molecule has 1 saturated heterocycles. The van der Waals surface area contributed by atoms with Crippen LogP contribution in [0.5, 0.6) is 0 Å². The van der Waals surface area contributed by atoms with Crippen LogP contribution in [0.1, 0.15) is 12.0 Å². The van der Waals surface area contributed by atoms with Crippen molar-refractivity contribution in [1.82, 2.24) is 5.32 Å². The van der Waals surface area contributed by atoms with Gasteiger partial charge in [-0.05, 0) is 44.1 Å². The first kappa shape index (κ1) is 12.2. The first-order valence-electron chi connectivity index (χ1n) is 5.83. The highest BCUT2D eigenvalue weighted by Gasteiger charge is 2.23. The number of halogens is 1. The summed E-state index contributed by atoms with van der Waals surface area (Å²) in [5, 5.41) is 13.0. The van der Waals surface area contributed by atoms with Gasteiger partial charge in [0.25, 0.3) is 0 Å². The predicted molar refractivity (Wildman–Crippen MR) is 70.4 cm³/mol. The van der Waals surface area contributed by atoms with Gasteiger partial charge in [-0.15, -0.1) is 0 Å². The number of anilines is 1. The van der Waals surface area contributed by atoms with Crippen LogP contribution in [0.15, 0.2) is 18.2 Å². The van der Waals surface area contributed by atoms with E-state index in [0.717, 1.165) is 31.7 Å². The van der Waals surface area contributed by atoms with E-state index < -0.39 is 0 Å². The van der Waals surface area contributed by atoms with Gasteiger partial charge in [0.2, 0.25) is 0 Å². The van der Waals surface area contributed by atoms with E-state index in [9.17, 15) is 0 Å². The lowest BCUT2D eigenvalue weighted by molar-refractivity contribution is 0.549. The van der Waals surface area contributed by atoms with Crippen LogP contribution < -0.4 is 10.2 Å². The standard InChI is InChI=1S/C13H16ClN3/c1-16-8-10-4-5-17(9-10)13-6-12(14)3-2-11(13)7-15/h2-3,6,10,16H,4-5,8-9H2,1H3. The molecule has 0 amide bonds. The SMILES string of the molecule is CNCC1CCN(c2cc(Cl)ccc2C#N)C1. The normalized spacial score (nSPS) is 19.4. The third-order valence-corrected chi connectivity index (χ3v) is 3.43. The fourth-order valence-corrected chi connectivity index (χ4v) is 2.53. The monoisotopic (exact) mass is 249 g/mol. The van der Waals surface area contributed by atoms with E-state index in [1.54, 1.807) is 12.1 Å². The zero-order valence-electron chi connectivity index (χ0n) is 9.91. The molecule has 1 aromatic rings. The summed E-state index contributed by atoms with van der Waals surface area (Å²) >= 11 is 6.00. The number of benzene rings is 1. The zero-order chi connectivity index (χ0) is 12.3. The number of rotatable bonds is 3. The molecule has 1 unspecified atom stereocenters. The van der Waals surface area contributed by atoms with Crippen LogP contribution >= 0.6 is 11.6 Å². The molecule has 0 aliphatic carbocycles. The minimum atomic E-state index is 0.658. The molecule has 17 heavy (non-hydrogen) atoms. The van der Waals surface area contributed by atoms with Gasteiger partial charge in [0.05, 0.1) is 11.3 Å². The smallest absolute Gasteiger partial charge is 0.101 e. The minimum Gasteiger partial charge on any atom is -0.370 e. The molecule has 1 heterocycles. The summed E-state index contributed by atoms with van der Waals surface area (Å²) in [4.78, 5) is 2.26. The fourth-order valence-electron chi connectivity index (χ4n) is 2.37. The summed E-state index contributed by atoms with van der Waals surface area (Å²) in [5.41, 5.74) is 1.68.